The lowest BCUT2D eigenvalue weighted by Crippen LogP contribution is -2.59. The number of rotatable bonds is 3. The predicted octanol–water partition coefficient (Wildman–Crippen LogP) is 2.81. The smallest absolute Gasteiger partial charge is 0.246 e. The second-order valence-electron chi connectivity index (χ2n) is 8.49. The molecule has 2 aliphatic rings. The predicted molar refractivity (Wildman–Crippen MR) is 117 cm³/mol. The van der Waals surface area contributed by atoms with Crippen LogP contribution in [-0.4, -0.2) is 57.2 Å². The molecular weight excluding hydrogens is 390 g/mol. The Morgan fingerprint density at radius 3 is 2.90 bits per heavy atom. The Morgan fingerprint density at radius 2 is 2.13 bits per heavy atom. The quantitative estimate of drug-likeness (QED) is 0.663. The van der Waals surface area contributed by atoms with Crippen LogP contribution in [0, 0.1) is 23.7 Å². The van der Waals surface area contributed by atoms with E-state index in [9.17, 15) is 10.1 Å². The maximum absolute atomic E-state index is 12.1. The van der Waals surface area contributed by atoms with Gasteiger partial charge < -0.3 is 9.80 Å². The Labute approximate surface area is 180 Å². The molecule has 2 saturated heterocycles. The number of hydrogen-bond donors (Lipinski definition) is 1. The van der Waals surface area contributed by atoms with E-state index in [1.54, 1.807) is 18.3 Å². The highest BCUT2D eigenvalue weighted by Crippen LogP contribution is 2.42. The molecule has 0 aliphatic carbocycles. The van der Waals surface area contributed by atoms with E-state index in [2.05, 4.69) is 31.1 Å². The number of amides is 1. The number of carbonyl (C=O) groups is 1. The summed E-state index contributed by atoms with van der Waals surface area (Å²) in [5.41, 5.74) is 4.05. The first-order valence-electron chi connectivity index (χ1n) is 10.4. The van der Waals surface area contributed by atoms with Gasteiger partial charge in [-0.15, -0.1) is 0 Å². The third-order valence-corrected chi connectivity index (χ3v) is 6.42. The SMILES string of the molecule is C/C=C/C(=O)N1CC2(CCN(c3ncnc(-c4c(C)ccc5[nH]ncc45)c3C#N)C2)C1. The average molecular weight is 413 g/mol. The molecule has 1 aromatic carbocycles. The monoisotopic (exact) mass is 413 g/mol. The van der Waals surface area contributed by atoms with Crippen LogP contribution in [0.4, 0.5) is 5.82 Å². The van der Waals surface area contributed by atoms with E-state index in [0.717, 1.165) is 54.6 Å². The van der Waals surface area contributed by atoms with Gasteiger partial charge in [-0.1, -0.05) is 12.1 Å². The highest BCUT2D eigenvalue weighted by Gasteiger charge is 2.49. The Morgan fingerprint density at radius 1 is 1.29 bits per heavy atom. The first-order chi connectivity index (χ1) is 15.0. The Bertz CT molecular complexity index is 1250. The molecule has 0 radical (unpaired) electrons. The lowest BCUT2D eigenvalue weighted by atomic mass is 9.79. The number of H-pyrrole nitrogens is 1. The van der Waals surface area contributed by atoms with Gasteiger partial charge in [-0.25, -0.2) is 9.97 Å². The summed E-state index contributed by atoms with van der Waals surface area (Å²) in [4.78, 5) is 25.1. The van der Waals surface area contributed by atoms with Crippen molar-refractivity contribution in [1.82, 2.24) is 25.1 Å². The van der Waals surface area contributed by atoms with E-state index >= 15 is 0 Å². The molecule has 2 fully saturated rings. The minimum atomic E-state index is 0.0669. The van der Waals surface area contributed by atoms with Gasteiger partial charge in [0, 0.05) is 42.5 Å². The summed E-state index contributed by atoms with van der Waals surface area (Å²) in [5, 5.41) is 18.2. The number of benzene rings is 1. The minimum absolute atomic E-state index is 0.0669. The van der Waals surface area contributed by atoms with Gasteiger partial charge in [0.1, 0.15) is 18.0 Å². The van der Waals surface area contributed by atoms with Gasteiger partial charge in [0.15, 0.2) is 5.82 Å². The molecular formula is C23H23N7O. The molecule has 1 amide bonds. The molecule has 1 N–H and O–H groups in total. The molecule has 3 aromatic rings. The van der Waals surface area contributed by atoms with Crippen molar-refractivity contribution < 1.29 is 4.79 Å². The zero-order chi connectivity index (χ0) is 21.6. The fourth-order valence-electron chi connectivity index (χ4n) is 4.89. The number of likely N-dealkylation sites (tertiary alicyclic amines) is 1. The number of nitriles is 1. The van der Waals surface area contributed by atoms with Crippen LogP contribution in [-0.2, 0) is 4.79 Å². The fraction of sp³-hybridized carbons (Fsp3) is 0.348. The summed E-state index contributed by atoms with van der Waals surface area (Å²) in [6, 6.07) is 6.35. The maximum Gasteiger partial charge on any atom is 0.246 e. The van der Waals surface area contributed by atoms with Crippen LogP contribution in [0.25, 0.3) is 22.2 Å². The molecule has 2 aromatic heterocycles. The minimum Gasteiger partial charge on any atom is -0.355 e. The number of hydrogen-bond acceptors (Lipinski definition) is 6. The Kier molecular flexibility index (Phi) is 4.47. The van der Waals surface area contributed by atoms with E-state index in [1.165, 1.54) is 6.33 Å². The highest BCUT2D eigenvalue weighted by molar-refractivity contribution is 5.97. The number of aromatic nitrogens is 4. The van der Waals surface area contributed by atoms with Crippen molar-refractivity contribution >= 4 is 22.6 Å². The van der Waals surface area contributed by atoms with Crippen LogP contribution < -0.4 is 4.90 Å². The van der Waals surface area contributed by atoms with Crippen molar-refractivity contribution in [2.45, 2.75) is 20.3 Å². The fourth-order valence-corrected chi connectivity index (χ4v) is 4.89. The number of nitrogens with one attached hydrogen (secondary N) is 1. The van der Waals surface area contributed by atoms with E-state index in [0.29, 0.717) is 17.1 Å². The van der Waals surface area contributed by atoms with E-state index in [4.69, 9.17) is 0 Å². The molecule has 8 heteroatoms. The molecule has 8 nitrogen and oxygen atoms in total. The summed E-state index contributed by atoms with van der Waals surface area (Å²) in [5.74, 6) is 0.736. The lowest BCUT2D eigenvalue weighted by molar-refractivity contribution is -0.136. The molecule has 2 aliphatic heterocycles. The molecule has 31 heavy (non-hydrogen) atoms. The topological polar surface area (TPSA) is 102 Å². The van der Waals surface area contributed by atoms with Crippen LogP contribution in [0.3, 0.4) is 0 Å². The number of anilines is 1. The third-order valence-electron chi connectivity index (χ3n) is 6.42. The van der Waals surface area contributed by atoms with Crippen LogP contribution in [0.1, 0.15) is 24.5 Å². The normalized spacial score (nSPS) is 17.5. The van der Waals surface area contributed by atoms with E-state index < -0.39 is 0 Å². The van der Waals surface area contributed by atoms with Crippen molar-refractivity contribution in [1.29, 1.82) is 5.26 Å². The summed E-state index contributed by atoms with van der Waals surface area (Å²) in [6.07, 6.45) is 7.68. The van der Waals surface area contributed by atoms with Gasteiger partial charge >= 0.3 is 0 Å². The van der Waals surface area contributed by atoms with Crippen LogP contribution in [0.15, 0.2) is 36.8 Å². The maximum atomic E-state index is 12.1. The van der Waals surface area contributed by atoms with Crippen molar-refractivity contribution in [3.05, 3.63) is 47.9 Å². The number of allylic oxidation sites excluding steroid dienone is 1. The summed E-state index contributed by atoms with van der Waals surface area (Å²) >= 11 is 0. The molecule has 1 spiro atoms. The van der Waals surface area contributed by atoms with Gasteiger partial charge in [0.2, 0.25) is 5.91 Å². The van der Waals surface area contributed by atoms with Crippen molar-refractivity contribution in [2.24, 2.45) is 5.41 Å². The summed E-state index contributed by atoms with van der Waals surface area (Å²) < 4.78 is 0. The molecule has 5 rings (SSSR count). The van der Waals surface area contributed by atoms with Crippen LogP contribution in [0.2, 0.25) is 0 Å². The van der Waals surface area contributed by atoms with Crippen molar-refractivity contribution in [2.75, 3.05) is 31.1 Å². The second kappa shape index (κ2) is 7.20. The number of aromatic amines is 1. The Hall–Kier alpha value is -3.73. The first kappa shape index (κ1) is 19.2. The lowest BCUT2D eigenvalue weighted by Gasteiger charge is -2.47. The number of fused-ring (bicyclic) bond motifs is 1. The first-order valence-corrected chi connectivity index (χ1v) is 10.4. The molecule has 0 atom stereocenters. The highest BCUT2D eigenvalue weighted by atomic mass is 16.2. The molecule has 0 bridgehead atoms. The van der Waals surface area contributed by atoms with Crippen LogP contribution in [0.5, 0.6) is 0 Å². The second-order valence-corrected chi connectivity index (χ2v) is 8.49. The largest absolute Gasteiger partial charge is 0.355 e. The standard InChI is InChI=1S/C23H23N7O/c1-3-4-19(31)30-12-23(13-30)7-8-29(11-23)22-16(9-24)21(25-14-26-22)20-15(2)5-6-18-17(20)10-27-28-18/h3-6,10,14H,7-8,11-13H2,1-2H3,(H,27,28)/b4-3+. The molecule has 156 valence electrons. The Balaban J connectivity index is 1.47. The van der Waals surface area contributed by atoms with E-state index in [-0.39, 0.29) is 11.3 Å². The summed E-state index contributed by atoms with van der Waals surface area (Å²) in [6.45, 7) is 6.96. The van der Waals surface area contributed by atoms with Gasteiger partial charge in [-0.3, -0.25) is 9.89 Å². The van der Waals surface area contributed by atoms with Gasteiger partial charge in [-0.2, -0.15) is 10.4 Å². The van der Waals surface area contributed by atoms with Crippen molar-refractivity contribution in [3.8, 4) is 17.3 Å². The molecule has 0 saturated carbocycles. The van der Waals surface area contributed by atoms with Gasteiger partial charge in [0.25, 0.3) is 0 Å². The number of aryl methyl sites for hydroxylation is 1. The van der Waals surface area contributed by atoms with Gasteiger partial charge in [-0.05, 0) is 38.0 Å². The molecule has 0 unspecified atom stereocenters. The average Bonchev–Trinajstić information content (AvgIpc) is 3.39. The van der Waals surface area contributed by atoms with Gasteiger partial charge in [0.05, 0.1) is 17.4 Å². The summed E-state index contributed by atoms with van der Waals surface area (Å²) in [7, 11) is 0. The van der Waals surface area contributed by atoms with E-state index in [1.807, 2.05) is 30.9 Å². The van der Waals surface area contributed by atoms with Crippen LogP contribution >= 0.6 is 0 Å². The zero-order valence-corrected chi connectivity index (χ0v) is 17.6. The van der Waals surface area contributed by atoms with Crippen molar-refractivity contribution in [3.63, 3.8) is 0 Å². The number of carbonyl (C=O) groups excluding carboxylic acids is 1. The molecule has 4 heterocycles. The zero-order valence-electron chi connectivity index (χ0n) is 17.6. The third kappa shape index (κ3) is 3.05. The number of nitrogens with zero attached hydrogens (tertiary/aromatic N) is 6.